The van der Waals surface area contributed by atoms with Crippen LogP contribution in [0.5, 0.6) is 5.75 Å². The van der Waals surface area contributed by atoms with Crippen molar-refractivity contribution in [3.63, 3.8) is 0 Å². The first-order valence-electron chi connectivity index (χ1n) is 3.41. The number of hydrogen-bond acceptors (Lipinski definition) is 3. The first-order chi connectivity index (χ1) is 5.36. The van der Waals surface area contributed by atoms with Gasteiger partial charge in [-0.05, 0) is 18.2 Å². The summed E-state index contributed by atoms with van der Waals surface area (Å²) in [5.74, 6) is 0.807. The predicted octanol–water partition coefficient (Wildman–Crippen LogP) is 1.36. The third-order valence-electron chi connectivity index (χ3n) is 1.53. The summed E-state index contributed by atoms with van der Waals surface area (Å²) in [4.78, 5) is 4.12. The minimum Gasteiger partial charge on any atom is -0.486 e. The number of aliphatic imine (C=N–C) groups is 1. The molecule has 0 unspecified atom stereocenters. The number of anilines is 1. The van der Waals surface area contributed by atoms with Gasteiger partial charge >= 0.3 is 0 Å². The SMILES string of the molecule is Nc1ccc2c(c1)N=CCO2. The summed E-state index contributed by atoms with van der Waals surface area (Å²) in [5.41, 5.74) is 7.08. The van der Waals surface area contributed by atoms with Gasteiger partial charge < -0.3 is 10.5 Å². The Balaban J connectivity index is 2.54. The van der Waals surface area contributed by atoms with E-state index in [1.54, 1.807) is 18.3 Å². The number of fused-ring (bicyclic) bond motifs is 1. The molecule has 2 rings (SSSR count). The maximum Gasteiger partial charge on any atom is 0.145 e. The number of hydrogen-bond donors (Lipinski definition) is 1. The Labute approximate surface area is 64.5 Å². The zero-order valence-corrected chi connectivity index (χ0v) is 5.95. The summed E-state index contributed by atoms with van der Waals surface area (Å²) < 4.78 is 5.27. The Hall–Kier alpha value is -1.51. The van der Waals surface area contributed by atoms with Crippen molar-refractivity contribution in [2.24, 2.45) is 4.99 Å². The first kappa shape index (κ1) is 6.22. The average molecular weight is 148 g/mol. The normalized spacial score (nSPS) is 13.8. The van der Waals surface area contributed by atoms with Crippen molar-refractivity contribution in [2.75, 3.05) is 12.3 Å². The molecule has 0 saturated carbocycles. The first-order valence-corrected chi connectivity index (χ1v) is 3.41. The van der Waals surface area contributed by atoms with Gasteiger partial charge in [-0.1, -0.05) is 0 Å². The Morgan fingerprint density at radius 3 is 3.27 bits per heavy atom. The lowest BCUT2D eigenvalue weighted by Crippen LogP contribution is -2.02. The van der Waals surface area contributed by atoms with Gasteiger partial charge in [0.25, 0.3) is 0 Å². The van der Waals surface area contributed by atoms with Crippen molar-refractivity contribution < 1.29 is 4.74 Å². The van der Waals surface area contributed by atoms with E-state index in [0.717, 1.165) is 11.4 Å². The molecule has 1 aromatic carbocycles. The maximum absolute atomic E-state index is 5.55. The standard InChI is InChI=1S/C8H8N2O/c9-6-1-2-8-7(5-6)10-3-4-11-8/h1-3,5H,4,9H2. The molecule has 0 atom stereocenters. The van der Waals surface area contributed by atoms with Crippen LogP contribution in [0.4, 0.5) is 11.4 Å². The zero-order valence-electron chi connectivity index (χ0n) is 5.95. The Morgan fingerprint density at radius 1 is 1.45 bits per heavy atom. The number of rotatable bonds is 0. The topological polar surface area (TPSA) is 47.6 Å². The highest BCUT2D eigenvalue weighted by Gasteiger charge is 2.05. The molecule has 1 aliphatic heterocycles. The molecule has 1 heterocycles. The van der Waals surface area contributed by atoms with Gasteiger partial charge in [-0.25, -0.2) is 0 Å². The van der Waals surface area contributed by atoms with E-state index < -0.39 is 0 Å². The fourth-order valence-electron chi connectivity index (χ4n) is 1.02. The molecule has 0 radical (unpaired) electrons. The second-order valence-electron chi connectivity index (χ2n) is 2.35. The molecule has 1 aromatic rings. The van der Waals surface area contributed by atoms with Crippen molar-refractivity contribution in [1.82, 2.24) is 0 Å². The smallest absolute Gasteiger partial charge is 0.145 e. The summed E-state index contributed by atoms with van der Waals surface area (Å²) in [6.07, 6.45) is 1.72. The highest BCUT2D eigenvalue weighted by molar-refractivity contribution is 5.72. The second kappa shape index (κ2) is 2.27. The van der Waals surface area contributed by atoms with Crippen LogP contribution < -0.4 is 10.5 Å². The second-order valence-corrected chi connectivity index (χ2v) is 2.35. The largest absolute Gasteiger partial charge is 0.486 e. The van der Waals surface area contributed by atoms with Gasteiger partial charge in [0.1, 0.15) is 18.0 Å². The van der Waals surface area contributed by atoms with Crippen molar-refractivity contribution in [3.8, 4) is 5.75 Å². The van der Waals surface area contributed by atoms with E-state index in [2.05, 4.69) is 4.99 Å². The lowest BCUT2D eigenvalue weighted by atomic mass is 10.2. The summed E-state index contributed by atoms with van der Waals surface area (Å²) in [7, 11) is 0. The van der Waals surface area contributed by atoms with Crippen molar-refractivity contribution >= 4 is 17.6 Å². The molecular weight excluding hydrogens is 140 g/mol. The molecule has 3 heteroatoms. The van der Waals surface area contributed by atoms with E-state index in [1.807, 2.05) is 6.07 Å². The molecule has 1 aliphatic rings. The van der Waals surface area contributed by atoms with Crippen LogP contribution in [0.1, 0.15) is 0 Å². The number of benzene rings is 1. The molecule has 2 N–H and O–H groups in total. The number of nitrogen functional groups attached to an aromatic ring is 1. The van der Waals surface area contributed by atoms with E-state index in [4.69, 9.17) is 10.5 Å². The molecule has 0 bridgehead atoms. The Bertz CT molecular complexity index is 307. The van der Waals surface area contributed by atoms with Crippen molar-refractivity contribution in [2.45, 2.75) is 0 Å². The minimum absolute atomic E-state index is 0.552. The van der Waals surface area contributed by atoms with Crippen LogP contribution in [0, 0.1) is 0 Å². The van der Waals surface area contributed by atoms with E-state index >= 15 is 0 Å². The summed E-state index contributed by atoms with van der Waals surface area (Å²) in [6, 6.07) is 5.44. The third kappa shape index (κ3) is 1.05. The van der Waals surface area contributed by atoms with Crippen molar-refractivity contribution in [1.29, 1.82) is 0 Å². The third-order valence-corrected chi connectivity index (χ3v) is 1.53. The minimum atomic E-state index is 0.552. The van der Waals surface area contributed by atoms with E-state index in [0.29, 0.717) is 12.3 Å². The Morgan fingerprint density at radius 2 is 2.36 bits per heavy atom. The molecule has 0 aliphatic carbocycles. The number of nitrogens with two attached hydrogens (primary N) is 1. The van der Waals surface area contributed by atoms with Crippen LogP contribution >= 0.6 is 0 Å². The van der Waals surface area contributed by atoms with Gasteiger partial charge in [0.15, 0.2) is 0 Å². The predicted molar refractivity (Wildman–Crippen MR) is 44.5 cm³/mol. The van der Waals surface area contributed by atoms with Gasteiger partial charge in [-0.15, -0.1) is 0 Å². The fraction of sp³-hybridized carbons (Fsp3) is 0.125. The molecule has 0 aromatic heterocycles. The van der Waals surface area contributed by atoms with Gasteiger partial charge in [-0.3, -0.25) is 4.99 Å². The van der Waals surface area contributed by atoms with Crippen LogP contribution in [0.2, 0.25) is 0 Å². The molecule has 0 saturated heterocycles. The molecular formula is C8H8N2O. The van der Waals surface area contributed by atoms with Crippen LogP contribution in [0.15, 0.2) is 23.2 Å². The van der Waals surface area contributed by atoms with Crippen LogP contribution in [-0.4, -0.2) is 12.8 Å². The molecule has 0 spiro atoms. The van der Waals surface area contributed by atoms with Crippen LogP contribution in [0.3, 0.4) is 0 Å². The van der Waals surface area contributed by atoms with Crippen LogP contribution in [0.25, 0.3) is 0 Å². The summed E-state index contributed by atoms with van der Waals surface area (Å²) >= 11 is 0. The average Bonchev–Trinajstić information content (AvgIpc) is 2.04. The highest BCUT2D eigenvalue weighted by atomic mass is 16.5. The van der Waals surface area contributed by atoms with Gasteiger partial charge in [0, 0.05) is 11.9 Å². The lowest BCUT2D eigenvalue weighted by Gasteiger charge is -2.10. The van der Waals surface area contributed by atoms with Gasteiger partial charge in [0.2, 0.25) is 0 Å². The molecule has 3 nitrogen and oxygen atoms in total. The molecule has 11 heavy (non-hydrogen) atoms. The summed E-state index contributed by atoms with van der Waals surface area (Å²) in [6.45, 7) is 0.552. The van der Waals surface area contributed by atoms with Crippen molar-refractivity contribution in [3.05, 3.63) is 18.2 Å². The number of nitrogens with zero attached hydrogens (tertiary/aromatic N) is 1. The summed E-state index contributed by atoms with van der Waals surface area (Å²) in [5, 5.41) is 0. The van der Waals surface area contributed by atoms with E-state index in [-0.39, 0.29) is 0 Å². The van der Waals surface area contributed by atoms with E-state index in [9.17, 15) is 0 Å². The van der Waals surface area contributed by atoms with Crippen LogP contribution in [-0.2, 0) is 0 Å². The zero-order chi connectivity index (χ0) is 7.68. The fourth-order valence-corrected chi connectivity index (χ4v) is 1.02. The number of ether oxygens (including phenoxy) is 1. The molecule has 56 valence electrons. The Kier molecular flexibility index (Phi) is 1.28. The highest BCUT2D eigenvalue weighted by Crippen LogP contribution is 2.30. The monoisotopic (exact) mass is 148 g/mol. The lowest BCUT2D eigenvalue weighted by molar-refractivity contribution is 0.377. The van der Waals surface area contributed by atoms with E-state index in [1.165, 1.54) is 0 Å². The molecule has 0 amide bonds. The quantitative estimate of drug-likeness (QED) is 0.565. The van der Waals surface area contributed by atoms with Gasteiger partial charge in [0.05, 0.1) is 0 Å². The molecule has 0 fully saturated rings. The van der Waals surface area contributed by atoms with Gasteiger partial charge in [-0.2, -0.15) is 0 Å². The maximum atomic E-state index is 5.55.